The van der Waals surface area contributed by atoms with Crippen molar-refractivity contribution >= 4 is 39.3 Å². The molecule has 0 fully saturated rings. The summed E-state index contributed by atoms with van der Waals surface area (Å²) in [4.78, 5) is 12.9. The third-order valence-corrected chi connectivity index (χ3v) is 5.56. The summed E-state index contributed by atoms with van der Waals surface area (Å²) >= 11 is 5.59. The van der Waals surface area contributed by atoms with Gasteiger partial charge in [-0.05, 0) is 41.5 Å². The summed E-state index contributed by atoms with van der Waals surface area (Å²) in [5.74, 6) is 0.110. The fourth-order valence-electron chi connectivity index (χ4n) is 2.62. The molecule has 2 aromatic rings. The maximum Gasteiger partial charge on any atom is 0.224 e. The summed E-state index contributed by atoms with van der Waals surface area (Å²) in [6.07, 6.45) is 3.49. The van der Waals surface area contributed by atoms with Crippen LogP contribution >= 0.6 is 27.7 Å². The van der Waals surface area contributed by atoms with E-state index in [4.69, 9.17) is 0 Å². The maximum atomic E-state index is 11.4. The van der Waals surface area contributed by atoms with Gasteiger partial charge in [-0.3, -0.25) is 4.79 Å². The van der Waals surface area contributed by atoms with Crippen LogP contribution in [0.2, 0.25) is 0 Å². The molecule has 0 aromatic heterocycles. The number of carbonyl (C=O) groups is 1. The lowest BCUT2D eigenvalue weighted by molar-refractivity contribution is -0.116. The van der Waals surface area contributed by atoms with E-state index >= 15 is 0 Å². The average molecular weight is 362 g/mol. The largest absolute Gasteiger partial charge is 0.326 e. The lowest BCUT2D eigenvalue weighted by atomic mass is 9.97. The Labute approximate surface area is 137 Å². The standard InChI is InChI=1S/C17H16BrNOS/c1-21-15-5-3-2-4-13(15)17(18)12-6-8-14-11(10-12)7-9-16(20)19-14/h2-6,8,10,17H,7,9H2,1H3,(H,19,20). The molecule has 0 aliphatic carbocycles. The minimum absolute atomic E-state index is 0.110. The second kappa shape index (κ2) is 6.24. The van der Waals surface area contributed by atoms with Crippen molar-refractivity contribution in [2.45, 2.75) is 22.6 Å². The van der Waals surface area contributed by atoms with Gasteiger partial charge < -0.3 is 5.32 Å². The monoisotopic (exact) mass is 361 g/mol. The molecule has 0 bridgehead atoms. The van der Waals surface area contributed by atoms with Crippen LogP contribution in [0.5, 0.6) is 0 Å². The zero-order chi connectivity index (χ0) is 14.8. The molecule has 1 atom stereocenters. The van der Waals surface area contributed by atoms with Crippen LogP contribution in [0.4, 0.5) is 5.69 Å². The number of rotatable bonds is 3. The number of nitrogens with one attached hydrogen (secondary N) is 1. The number of aryl methyl sites for hydroxylation is 1. The Morgan fingerprint density at radius 3 is 2.81 bits per heavy atom. The molecular formula is C17H16BrNOS. The zero-order valence-corrected chi connectivity index (χ0v) is 14.1. The Kier molecular flexibility index (Phi) is 4.36. The number of halogens is 1. The molecule has 4 heteroatoms. The van der Waals surface area contributed by atoms with Gasteiger partial charge >= 0.3 is 0 Å². The molecule has 0 saturated heterocycles. The van der Waals surface area contributed by atoms with Gasteiger partial charge in [-0.25, -0.2) is 0 Å². The normalized spacial score (nSPS) is 15.2. The lowest BCUT2D eigenvalue weighted by Crippen LogP contribution is -2.19. The minimum atomic E-state index is 0.110. The molecule has 0 radical (unpaired) electrons. The first-order chi connectivity index (χ1) is 10.2. The third-order valence-electron chi connectivity index (χ3n) is 3.73. The van der Waals surface area contributed by atoms with E-state index in [0.29, 0.717) is 6.42 Å². The van der Waals surface area contributed by atoms with Crippen molar-refractivity contribution in [3.8, 4) is 0 Å². The van der Waals surface area contributed by atoms with Gasteiger partial charge in [-0.15, -0.1) is 11.8 Å². The van der Waals surface area contributed by atoms with Crippen LogP contribution < -0.4 is 5.32 Å². The first-order valence-electron chi connectivity index (χ1n) is 6.88. The Hall–Kier alpha value is -1.26. The van der Waals surface area contributed by atoms with Gasteiger partial charge in [-0.1, -0.05) is 46.3 Å². The number of carbonyl (C=O) groups excluding carboxylic acids is 1. The highest BCUT2D eigenvalue weighted by Crippen LogP contribution is 2.38. The van der Waals surface area contributed by atoms with E-state index in [2.05, 4.69) is 63.9 Å². The molecule has 0 saturated carbocycles. The van der Waals surface area contributed by atoms with Gasteiger partial charge in [0.05, 0.1) is 4.83 Å². The molecule has 1 heterocycles. The Balaban J connectivity index is 1.95. The third kappa shape index (κ3) is 3.01. The van der Waals surface area contributed by atoms with Gasteiger partial charge in [0.25, 0.3) is 0 Å². The minimum Gasteiger partial charge on any atom is -0.326 e. The van der Waals surface area contributed by atoms with Crippen molar-refractivity contribution in [2.75, 3.05) is 11.6 Å². The summed E-state index contributed by atoms with van der Waals surface area (Å²) in [5, 5.41) is 2.93. The van der Waals surface area contributed by atoms with Crippen molar-refractivity contribution < 1.29 is 4.79 Å². The molecule has 1 N–H and O–H groups in total. The number of hydrogen-bond acceptors (Lipinski definition) is 2. The molecule has 1 aliphatic rings. The number of anilines is 1. The van der Waals surface area contributed by atoms with Crippen molar-refractivity contribution in [1.82, 2.24) is 0 Å². The molecule has 1 unspecified atom stereocenters. The van der Waals surface area contributed by atoms with E-state index in [0.717, 1.165) is 12.1 Å². The average Bonchev–Trinajstić information content (AvgIpc) is 2.53. The topological polar surface area (TPSA) is 29.1 Å². The highest BCUT2D eigenvalue weighted by atomic mass is 79.9. The van der Waals surface area contributed by atoms with E-state index in [1.807, 2.05) is 6.07 Å². The Morgan fingerprint density at radius 2 is 2.00 bits per heavy atom. The summed E-state index contributed by atoms with van der Waals surface area (Å²) in [5.41, 5.74) is 4.68. The van der Waals surface area contributed by atoms with Crippen molar-refractivity contribution in [2.24, 2.45) is 0 Å². The van der Waals surface area contributed by atoms with Gasteiger partial charge in [0.2, 0.25) is 5.91 Å². The van der Waals surface area contributed by atoms with Crippen LogP contribution in [-0.2, 0) is 11.2 Å². The predicted octanol–water partition coefficient (Wildman–Crippen LogP) is 4.78. The molecular weight excluding hydrogens is 346 g/mol. The fourth-order valence-corrected chi connectivity index (χ4v) is 4.09. The maximum absolute atomic E-state index is 11.4. The summed E-state index contributed by atoms with van der Waals surface area (Å²) in [6, 6.07) is 14.7. The summed E-state index contributed by atoms with van der Waals surface area (Å²) in [7, 11) is 0. The second-order valence-electron chi connectivity index (χ2n) is 5.07. The van der Waals surface area contributed by atoms with Crippen molar-refractivity contribution in [3.63, 3.8) is 0 Å². The molecule has 21 heavy (non-hydrogen) atoms. The lowest BCUT2D eigenvalue weighted by Gasteiger charge is -2.20. The van der Waals surface area contributed by atoms with E-state index in [1.165, 1.54) is 21.6 Å². The number of amides is 1. The van der Waals surface area contributed by atoms with E-state index < -0.39 is 0 Å². The van der Waals surface area contributed by atoms with E-state index in [-0.39, 0.29) is 10.7 Å². The van der Waals surface area contributed by atoms with Gasteiger partial charge in [0, 0.05) is 17.0 Å². The van der Waals surface area contributed by atoms with Gasteiger partial charge in [0.15, 0.2) is 0 Å². The van der Waals surface area contributed by atoms with Crippen molar-refractivity contribution in [1.29, 1.82) is 0 Å². The molecule has 0 spiro atoms. The van der Waals surface area contributed by atoms with Gasteiger partial charge in [0.1, 0.15) is 0 Å². The first kappa shape index (κ1) is 14.7. The molecule has 108 valence electrons. The molecule has 1 amide bonds. The van der Waals surface area contributed by atoms with Crippen LogP contribution in [0.1, 0.15) is 27.9 Å². The van der Waals surface area contributed by atoms with Crippen LogP contribution in [0.25, 0.3) is 0 Å². The highest BCUT2D eigenvalue weighted by Gasteiger charge is 2.18. The van der Waals surface area contributed by atoms with Gasteiger partial charge in [-0.2, -0.15) is 0 Å². The summed E-state index contributed by atoms with van der Waals surface area (Å²) in [6.45, 7) is 0. The quantitative estimate of drug-likeness (QED) is 0.629. The smallest absolute Gasteiger partial charge is 0.224 e. The second-order valence-corrected chi connectivity index (χ2v) is 6.83. The number of alkyl halides is 1. The predicted molar refractivity (Wildman–Crippen MR) is 92.4 cm³/mol. The molecule has 3 rings (SSSR count). The first-order valence-corrected chi connectivity index (χ1v) is 9.02. The van der Waals surface area contributed by atoms with E-state index in [1.54, 1.807) is 11.8 Å². The van der Waals surface area contributed by atoms with Crippen LogP contribution in [0.3, 0.4) is 0 Å². The van der Waals surface area contributed by atoms with E-state index in [9.17, 15) is 4.79 Å². The molecule has 2 aromatic carbocycles. The number of thioether (sulfide) groups is 1. The van der Waals surface area contributed by atoms with Crippen molar-refractivity contribution in [3.05, 3.63) is 59.2 Å². The number of benzene rings is 2. The Bertz CT molecular complexity index is 686. The number of fused-ring (bicyclic) bond motifs is 1. The summed E-state index contributed by atoms with van der Waals surface area (Å²) < 4.78 is 0. The fraction of sp³-hybridized carbons (Fsp3) is 0.235. The Morgan fingerprint density at radius 1 is 1.19 bits per heavy atom. The van der Waals surface area contributed by atoms with Crippen LogP contribution in [0.15, 0.2) is 47.4 Å². The van der Waals surface area contributed by atoms with Crippen LogP contribution in [0, 0.1) is 0 Å². The zero-order valence-electron chi connectivity index (χ0n) is 11.7. The number of hydrogen-bond donors (Lipinski definition) is 1. The molecule has 2 nitrogen and oxygen atoms in total. The SMILES string of the molecule is CSc1ccccc1C(Br)c1ccc2c(c1)CCC(=O)N2. The molecule has 1 aliphatic heterocycles. The van der Waals surface area contributed by atoms with Crippen LogP contribution in [-0.4, -0.2) is 12.2 Å². The highest BCUT2D eigenvalue weighted by molar-refractivity contribution is 9.09.